The first-order chi connectivity index (χ1) is 13.6. The topological polar surface area (TPSA) is 51.2 Å². The summed E-state index contributed by atoms with van der Waals surface area (Å²) in [5.74, 6) is 1.99. The van der Waals surface area contributed by atoms with Gasteiger partial charge in [0.15, 0.2) is 0 Å². The number of hydrogen-bond donors (Lipinski definition) is 0. The Kier molecular flexibility index (Phi) is 6.67. The predicted molar refractivity (Wildman–Crippen MR) is 113 cm³/mol. The highest BCUT2D eigenvalue weighted by Crippen LogP contribution is 2.36. The Morgan fingerprint density at radius 3 is 2.11 bits per heavy atom. The van der Waals surface area contributed by atoms with Crippen molar-refractivity contribution in [1.82, 2.24) is 4.90 Å². The molecule has 0 spiro atoms. The lowest BCUT2D eigenvalue weighted by Gasteiger charge is -2.24. The summed E-state index contributed by atoms with van der Waals surface area (Å²) >= 11 is 3.45. The maximum Gasteiger partial charge on any atom is 0.254 e. The summed E-state index contributed by atoms with van der Waals surface area (Å²) < 4.78 is 16.7. The fourth-order valence-corrected chi connectivity index (χ4v) is 3.90. The Labute approximate surface area is 174 Å². The highest BCUT2D eigenvalue weighted by molar-refractivity contribution is 9.10. The Morgan fingerprint density at radius 2 is 1.54 bits per heavy atom. The van der Waals surface area contributed by atoms with Crippen LogP contribution in [0.1, 0.15) is 16.8 Å². The molecule has 0 N–H and O–H groups in total. The third kappa shape index (κ3) is 4.35. The summed E-state index contributed by atoms with van der Waals surface area (Å²) in [5.41, 5.74) is 1.71. The van der Waals surface area contributed by atoms with E-state index in [0.717, 1.165) is 30.9 Å². The Morgan fingerprint density at radius 1 is 0.893 bits per heavy atom. The van der Waals surface area contributed by atoms with Crippen LogP contribution in [-0.2, 0) is 0 Å². The number of carbonyl (C=O) groups is 1. The molecule has 1 heterocycles. The van der Waals surface area contributed by atoms with Gasteiger partial charge < -0.3 is 24.0 Å². The van der Waals surface area contributed by atoms with Crippen molar-refractivity contribution in [2.45, 2.75) is 6.42 Å². The molecule has 150 valence electrons. The van der Waals surface area contributed by atoms with Gasteiger partial charge >= 0.3 is 0 Å². The van der Waals surface area contributed by atoms with Gasteiger partial charge in [-0.1, -0.05) is 0 Å². The Bertz CT molecular complexity index is 801. The first-order valence-corrected chi connectivity index (χ1v) is 9.96. The minimum Gasteiger partial charge on any atom is -0.497 e. The number of methoxy groups -OCH3 is 3. The molecule has 7 heteroatoms. The van der Waals surface area contributed by atoms with Crippen LogP contribution in [0.15, 0.2) is 40.9 Å². The van der Waals surface area contributed by atoms with E-state index >= 15 is 0 Å². The Hall–Kier alpha value is -2.41. The van der Waals surface area contributed by atoms with Gasteiger partial charge in [0.2, 0.25) is 0 Å². The standard InChI is InChI=1S/C21H25BrN2O4/c1-26-17-7-5-16(6-8-17)23-9-4-10-24(12-11-23)21(25)15-13-18(27-2)20(22)19(14-15)28-3/h5-8,13-14H,4,9-12H2,1-3H3. The largest absolute Gasteiger partial charge is 0.497 e. The van der Waals surface area contributed by atoms with Gasteiger partial charge in [-0.2, -0.15) is 0 Å². The van der Waals surface area contributed by atoms with E-state index in [4.69, 9.17) is 14.2 Å². The molecule has 1 fully saturated rings. The van der Waals surface area contributed by atoms with Gasteiger partial charge in [0.25, 0.3) is 5.91 Å². The Balaban J connectivity index is 1.73. The lowest BCUT2D eigenvalue weighted by molar-refractivity contribution is 0.0766. The van der Waals surface area contributed by atoms with Gasteiger partial charge in [0.05, 0.1) is 21.3 Å². The molecule has 0 unspecified atom stereocenters. The molecule has 0 saturated carbocycles. The van der Waals surface area contributed by atoms with Crippen molar-refractivity contribution in [2.75, 3.05) is 52.4 Å². The van der Waals surface area contributed by atoms with Crippen molar-refractivity contribution in [2.24, 2.45) is 0 Å². The van der Waals surface area contributed by atoms with Crippen molar-refractivity contribution in [3.63, 3.8) is 0 Å². The smallest absolute Gasteiger partial charge is 0.254 e. The number of benzene rings is 2. The molecule has 1 aliphatic rings. The van der Waals surface area contributed by atoms with Gasteiger partial charge in [-0.25, -0.2) is 0 Å². The zero-order valence-electron chi connectivity index (χ0n) is 16.4. The van der Waals surface area contributed by atoms with Crippen LogP contribution < -0.4 is 19.1 Å². The molecule has 6 nitrogen and oxygen atoms in total. The predicted octanol–water partition coefficient (Wildman–Crippen LogP) is 3.83. The van der Waals surface area contributed by atoms with Crippen LogP contribution in [-0.4, -0.2) is 58.3 Å². The van der Waals surface area contributed by atoms with Crippen LogP contribution in [0.2, 0.25) is 0 Å². The second kappa shape index (κ2) is 9.19. The second-order valence-electron chi connectivity index (χ2n) is 6.53. The monoisotopic (exact) mass is 448 g/mol. The van der Waals surface area contributed by atoms with Gasteiger partial charge in [0.1, 0.15) is 21.7 Å². The normalized spacial score (nSPS) is 14.4. The van der Waals surface area contributed by atoms with Gasteiger partial charge in [-0.3, -0.25) is 4.79 Å². The van der Waals surface area contributed by atoms with Crippen molar-refractivity contribution < 1.29 is 19.0 Å². The van der Waals surface area contributed by atoms with Crippen LogP contribution in [0.4, 0.5) is 5.69 Å². The minimum atomic E-state index is -0.0133. The average Bonchev–Trinajstić information content (AvgIpc) is 2.99. The third-order valence-corrected chi connectivity index (χ3v) is 5.69. The van der Waals surface area contributed by atoms with Gasteiger partial charge in [-0.05, 0) is 58.7 Å². The van der Waals surface area contributed by atoms with E-state index in [0.29, 0.717) is 34.6 Å². The fraction of sp³-hybridized carbons (Fsp3) is 0.381. The highest BCUT2D eigenvalue weighted by Gasteiger charge is 2.23. The maximum absolute atomic E-state index is 13.1. The molecule has 2 aromatic carbocycles. The number of halogens is 1. The third-order valence-electron chi connectivity index (χ3n) is 4.91. The fourth-order valence-electron chi connectivity index (χ4n) is 3.35. The summed E-state index contributed by atoms with van der Waals surface area (Å²) in [6, 6.07) is 11.5. The number of nitrogens with zero attached hydrogens (tertiary/aromatic N) is 2. The van der Waals surface area contributed by atoms with Gasteiger partial charge in [0, 0.05) is 37.4 Å². The van der Waals surface area contributed by atoms with E-state index in [2.05, 4.69) is 33.0 Å². The molecule has 0 atom stereocenters. The molecule has 0 aromatic heterocycles. The summed E-state index contributed by atoms with van der Waals surface area (Å²) in [6.07, 6.45) is 0.905. The summed E-state index contributed by atoms with van der Waals surface area (Å²) in [4.78, 5) is 17.3. The molecule has 1 amide bonds. The van der Waals surface area contributed by atoms with E-state index in [1.807, 2.05) is 17.0 Å². The van der Waals surface area contributed by atoms with E-state index < -0.39 is 0 Å². The summed E-state index contributed by atoms with van der Waals surface area (Å²) in [5, 5.41) is 0. The van der Waals surface area contributed by atoms with Crippen LogP contribution >= 0.6 is 15.9 Å². The summed E-state index contributed by atoms with van der Waals surface area (Å²) in [7, 11) is 4.81. The first-order valence-electron chi connectivity index (χ1n) is 9.17. The second-order valence-corrected chi connectivity index (χ2v) is 7.32. The molecule has 28 heavy (non-hydrogen) atoms. The molecular formula is C21H25BrN2O4. The number of hydrogen-bond acceptors (Lipinski definition) is 5. The van der Waals surface area contributed by atoms with Crippen molar-refractivity contribution >= 4 is 27.5 Å². The lowest BCUT2D eigenvalue weighted by atomic mass is 10.1. The zero-order chi connectivity index (χ0) is 20.1. The molecule has 0 aliphatic carbocycles. The molecule has 2 aromatic rings. The van der Waals surface area contributed by atoms with E-state index in [-0.39, 0.29) is 5.91 Å². The van der Waals surface area contributed by atoms with Gasteiger partial charge in [-0.15, -0.1) is 0 Å². The number of amides is 1. The summed E-state index contributed by atoms with van der Waals surface area (Å²) in [6.45, 7) is 3.06. The lowest BCUT2D eigenvalue weighted by Crippen LogP contribution is -2.35. The van der Waals surface area contributed by atoms with E-state index in [9.17, 15) is 4.79 Å². The molecule has 1 aliphatic heterocycles. The molecule has 1 saturated heterocycles. The zero-order valence-corrected chi connectivity index (χ0v) is 18.0. The number of ether oxygens (including phenoxy) is 3. The van der Waals surface area contributed by atoms with Crippen LogP contribution in [0.25, 0.3) is 0 Å². The molecular weight excluding hydrogens is 424 g/mol. The van der Waals surface area contributed by atoms with Crippen LogP contribution in [0.3, 0.4) is 0 Å². The maximum atomic E-state index is 13.1. The molecule has 0 bridgehead atoms. The van der Waals surface area contributed by atoms with E-state index in [1.165, 1.54) is 0 Å². The highest BCUT2D eigenvalue weighted by atomic mass is 79.9. The molecule has 3 rings (SSSR count). The quantitative estimate of drug-likeness (QED) is 0.695. The van der Waals surface area contributed by atoms with E-state index in [1.54, 1.807) is 33.5 Å². The minimum absolute atomic E-state index is 0.0133. The number of rotatable bonds is 5. The van der Waals surface area contributed by atoms with Crippen molar-refractivity contribution in [3.05, 3.63) is 46.4 Å². The number of carbonyl (C=O) groups excluding carboxylic acids is 1. The van der Waals surface area contributed by atoms with Crippen molar-refractivity contribution in [3.8, 4) is 17.2 Å². The van der Waals surface area contributed by atoms with Crippen LogP contribution in [0, 0.1) is 0 Å². The SMILES string of the molecule is COc1ccc(N2CCCN(C(=O)c3cc(OC)c(Br)c(OC)c3)CC2)cc1. The molecule has 0 radical (unpaired) electrons. The average molecular weight is 449 g/mol. The number of anilines is 1. The van der Waals surface area contributed by atoms with Crippen molar-refractivity contribution in [1.29, 1.82) is 0 Å². The van der Waals surface area contributed by atoms with Crippen LogP contribution in [0.5, 0.6) is 17.2 Å². The first kappa shape index (κ1) is 20.3.